The molecule has 0 radical (unpaired) electrons. The van der Waals surface area contributed by atoms with Crippen molar-refractivity contribution in [3.05, 3.63) is 0 Å². The van der Waals surface area contributed by atoms with E-state index in [0.717, 1.165) is 12.8 Å². The molecule has 19 heavy (non-hydrogen) atoms. The van der Waals surface area contributed by atoms with Crippen LogP contribution in [0.3, 0.4) is 0 Å². The molecule has 0 aromatic carbocycles. The number of morpholine rings is 1. The number of nitrogens with zero attached hydrogens (tertiary/aromatic N) is 1. The van der Waals surface area contributed by atoms with Gasteiger partial charge in [0.25, 0.3) is 5.91 Å². The van der Waals surface area contributed by atoms with Crippen LogP contribution in [0.4, 0.5) is 4.79 Å². The van der Waals surface area contributed by atoms with E-state index in [2.05, 4.69) is 5.32 Å². The number of carbonyl (C=O) groups excluding carboxylic acids is 2. The minimum atomic E-state index is -0.582. The normalized spacial score (nSPS) is 23.9. The molecule has 1 heterocycles. The van der Waals surface area contributed by atoms with Crippen molar-refractivity contribution in [1.82, 2.24) is 10.2 Å². The van der Waals surface area contributed by atoms with Crippen LogP contribution in [0.1, 0.15) is 33.6 Å². The number of rotatable bonds is 2. The molecule has 1 aliphatic carbocycles. The summed E-state index contributed by atoms with van der Waals surface area (Å²) in [5, 5.41) is 2.89. The molecule has 2 rings (SSSR count). The van der Waals surface area contributed by atoms with Crippen molar-refractivity contribution in [3.8, 4) is 0 Å². The molecule has 0 spiro atoms. The van der Waals surface area contributed by atoms with Crippen LogP contribution in [0.15, 0.2) is 0 Å². The smallest absolute Gasteiger partial charge is 0.410 e. The Bertz CT molecular complexity index is 360. The Kier molecular flexibility index (Phi) is 3.99. The van der Waals surface area contributed by atoms with E-state index in [1.54, 1.807) is 0 Å². The van der Waals surface area contributed by atoms with Gasteiger partial charge >= 0.3 is 6.09 Å². The molecule has 6 nitrogen and oxygen atoms in total. The van der Waals surface area contributed by atoms with E-state index in [-0.39, 0.29) is 18.5 Å². The summed E-state index contributed by atoms with van der Waals surface area (Å²) in [6, 6.07) is 0.299. The van der Waals surface area contributed by atoms with Gasteiger partial charge in [-0.05, 0) is 33.6 Å². The van der Waals surface area contributed by atoms with Gasteiger partial charge in [-0.1, -0.05) is 0 Å². The van der Waals surface area contributed by atoms with Gasteiger partial charge in [-0.2, -0.15) is 0 Å². The van der Waals surface area contributed by atoms with Gasteiger partial charge in [0.15, 0.2) is 6.10 Å². The average Bonchev–Trinajstić information content (AvgIpc) is 3.11. The predicted octanol–water partition coefficient (Wildman–Crippen LogP) is 0.901. The van der Waals surface area contributed by atoms with Crippen LogP contribution < -0.4 is 5.32 Å². The van der Waals surface area contributed by atoms with Crippen molar-refractivity contribution in [2.75, 3.05) is 19.7 Å². The highest BCUT2D eigenvalue weighted by Gasteiger charge is 2.34. The zero-order valence-electron chi connectivity index (χ0n) is 11.8. The molecular weight excluding hydrogens is 248 g/mol. The largest absolute Gasteiger partial charge is 0.444 e. The first kappa shape index (κ1) is 14.1. The first-order valence-corrected chi connectivity index (χ1v) is 6.75. The number of nitrogens with one attached hydrogen (secondary N) is 1. The number of hydrogen-bond donors (Lipinski definition) is 1. The lowest BCUT2D eigenvalue weighted by Crippen LogP contribution is -2.52. The summed E-state index contributed by atoms with van der Waals surface area (Å²) in [6.45, 7) is 6.55. The lowest BCUT2D eigenvalue weighted by Gasteiger charge is -2.33. The average molecular weight is 270 g/mol. The van der Waals surface area contributed by atoms with Gasteiger partial charge in [0.2, 0.25) is 0 Å². The number of carbonyl (C=O) groups is 2. The molecule has 2 aliphatic rings. The summed E-state index contributed by atoms with van der Waals surface area (Å²) >= 11 is 0. The van der Waals surface area contributed by atoms with Crippen LogP contribution in [0.5, 0.6) is 0 Å². The van der Waals surface area contributed by atoms with E-state index in [0.29, 0.717) is 19.2 Å². The third-order valence-corrected chi connectivity index (χ3v) is 2.93. The zero-order valence-corrected chi connectivity index (χ0v) is 11.8. The summed E-state index contributed by atoms with van der Waals surface area (Å²) in [5.74, 6) is -0.129. The maximum Gasteiger partial charge on any atom is 0.410 e. The SMILES string of the molecule is CC(C)(C)OC(=O)N1CCOC(C(=O)NC2CC2)C1. The van der Waals surface area contributed by atoms with Crippen LogP contribution in [0, 0.1) is 0 Å². The molecule has 0 bridgehead atoms. The fourth-order valence-electron chi connectivity index (χ4n) is 1.82. The van der Waals surface area contributed by atoms with Gasteiger partial charge in [-0.15, -0.1) is 0 Å². The van der Waals surface area contributed by atoms with E-state index in [1.807, 2.05) is 20.8 Å². The van der Waals surface area contributed by atoms with Gasteiger partial charge in [0.1, 0.15) is 5.60 Å². The molecule has 1 saturated heterocycles. The van der Waals surface area contributed by atoms with E-state index in [9.17, 15) is 9.59 Å². The molecule has 1 atom stereocenters. The maximum atomic E-state index is 11.9. The molecule has 108 valence electrons. The van der Waals surface area contributed by atoms with E-state index >= 15 is 0 Å². The highest BCUT2D eigenvalue weighted by atomic mass is 16.6. The van der Waals surface area contributed by atoms with Crippen molar-refractivity contribution in [2.45, 2.75) is 51.4 Å². The second kappa shape index (κ2) is 5.36. The van der Waals surface area contributed by atoms with E-state index in [1.165, 1.54) is 4.90 Å². The summed E-state index contributed by atoms with van der Waals surface area (Å²) < 4.78 is 10.7. The highest BCUT2D eigenvalue weighted by molar-refractivity contribution is 5.82. The molecule has 1 saturated carbocycles. The Balaban J connectivity index is 1.85. The van der Waals surface area contributed by atoms with Gasteiger partial charge in [-0.3, -0.25) is 4.79 Å². The lowest BCUT2D eigenvalue weighted by molar-refractivity contribution is -0.138. The molecule has 2 amide bonds. The predicted molar refractivity (Wildman–Crippen MR) is 68.7 cm³/mol. The zero-order chi connectivity index (χ0) is 14.0. The van der Waals surface area contributed by atoms with Crippen molar-refractivity contribution in [3.63, 3.8) is 0 Å². The van der Waals surface area contributed by atoms with Gasteiger partial charge in [0, 0.05) is 12.6 Å². The summed E-state index contributed by atoms with van der Waals surface area (Å²) in [7, 11) is 0. The topological polar surface area (TPSA) is 67.9 Å². The van der Waals surface area contributed by atoms with Crippen LogP contribution in [0.2, 0.25) is 0 Å². The second-order valence-electron chi connectivity index (χ2n) is 6.07. The highest BCUT2D eigenvalue weighted by Crippen LogP contribution is 2.19. The van der Waals surface area contributed by atoms with Crippen molar-refractivity contribution in [1.29, 1.82) is 0 Å². The van der Waals surface area contributed by atoms with E-state index in [4.69, 9.17) is 9.47 Å². The number of amides is 2. The van der Waals surface area contributed by atoms with E-state index < -0.39 is 11.7 Å². The second-order valence-corrected chi connectivity index (χ2v) is 6.07. The van der Waals surface area contributed by atoms with Crippen molar-refractivity contribution < 1.29 is 19.1 Å². The van der Waals surface area contributed by atoms with Crippen LogP contribution in [0.25, 0.3) is 0 Å². The first-order valence-electron chi connectivity index (χ1n) is 6.75. The molecule has 0 aromatic heterocycles. The minimum absolute atomic E-state index is 0.129. The van der Waals surface area contributed by atoms with Crippen LogP contribution in [-0.2, 0) is 14.3 Å². The van der Waals surface area contributed by atoms with Gasteiger partial charge in [0.05, 0.1) is 13.2 Å². The van der Waals surface area contributed by atoms with Crippen LogP contribution >= 0.6 is 0 Å². The Labute approximate surface area is 113 Å². The maximum absolute atomic E-state index is 11.9. The molecule has 0 aromatic rings. The van der Waals surface area contributed by atoms with Crippen molar-refractivity contribution in [2.24, 2.45) is 0 Å². The third-order valence-electron chi connectivity index (χ3n) is 2.93. The van der Waals surface area contributed by atoms with Crippen LogP contribution in [-0.4, -0.2) is 54.3 Å². The quantitative estimate of drug-likeness (QED) is 0.809. The molecule has 2 fully saturated rings. The summed E-state index contributed by atoms with van der Waals surface area (Å²) in [6.07, 6.45) is 1.10. The van der Waals surface area contributed by atoms with Crippen molar-refractivity contribution >= 4 is 12.0 Å². The molecule has 6 heteroatoms. The Hall–Kier alpha value is -1.30. The lowest BCUT2D eigenvalue weighted by atomic mass is 10.2. The fraction of sp³-hybridized carbons (Fsp3) is 0.846. The molecule has 1 aliphatic heterocycles. The van der Waals surface area contributed by atoms with Gasteiger partial charge < -0.3 is 19.7 Å². The monoisotopic (exact) mass is 270 g/mol. The summed E-state index contributed by atoms with van der Waals surface area (Å²) in [5.41, 5.74) is -0.527. The van der Waals surface area contributed by atoms with Gasteiger partial charge in [-0.25, -0.2) is 4.79 Å². The molecule has 1 N–H and O–H groups in total. The standard InChI is InChI=1S/C13H22N2O4/c1-13(2,3)19-12(17)15-6-7-18-10(8-15)11(16)14-9-4-5-9/h9-10H,4-8H2,1-3H3,(H,14,16). The Morgan fingerprint density at radius 1 is 1.32 bits per heavy atom. The Morgan fingerprint density at radius 3 is 2.58 bits per heavy atom. The third kappa shape index (κ3) is 4.38. The number of hydrogen-bond acceptors (Lipinski definition) is 4. The Morgan fingerprint density at radius 2 is 2.00 bits per heavy atom. The summed E-state index contributed by atoms with van der Waals surface area (Å²) in [4.78, 5) is 25.4. The number of ether oxygens (including phenoxy) is 2. The fourth-order valence-corrected chi connectivity index (χ4v) is 1.82. The molecule has 1 unspecified atom stereocenters. The first-order chi connectivity index (χ1) is 8.85. The minimum Gasteiger partial charge on any atom is -0.444 e. The molecular formula is C13H22N2O4.